The Morgan fingerprint density at radius 3 is 1.79 bits per heavy atom. The molecular formula is C29H47ClO3. The predicted molar refractivity (Wildman–Crippen MR) is 142 cm³/mol. The molecule has 0 bridgehead atoms. The molecule has 0 spiro atoms. The van der Waals surface area contributed by atoms with Crippen molar-refractivity contribution >= 4 is 23.6 Å². The number of carbonyl (C=O) groups excluding carboxylic acids is 1. The minimum absolute atomic E-state index is 0.293. The summed E-state index contributed by atoms with van der Waals surface area (Å²) in [5, 5.41) is 0. The largest absolute Gasteiger partial charge is 0.494 e. The van der Waals surface area contributed by atoms with Crippen LogP contribution in [0.15, 0.2) is 29.8 Å². The van der Waals surface area contributed by atoms with Crippen LogP contribution in [0, 0.1) is 0 Å². The summed E-state index contributed by atoms with van der Waals surface area (Å²) >= 11 is 5.60. The van der Waals surface area contributed by atoms with Gasteiger partial charge in [-0.2, -0.15) is 0 Å². The summed E-state index contributed by atoms with van der Waals surface area (Å²) < 4.78 is 11.0. The maximum atomic E-state index is 11.9. The number of carbonyl (C=O) groups is 1. The number of alkyl halides is 1. The second-order valence-corrected chi connectivity index (χ2v) is 9.40. The Hall–Kier alpha value is -1.48. The molecule has 0 N–H and O–H groups in total. The second kappa shape index (κ2) is 21.1. The molecule has 0 aliphatic heterocycles. The summed E-state index contributed by atoms with van der Waals surface area (Å²) in [6.07, 6.45) is 21.6. The van der Waals surface area contributed by atoms with Crippen molar-refractivity contribution in [2.24, 2.45) is 0 Å². The van der Waals surface area contributed by atoms with Crippen LogP contribution in [0.3, 0.4) is 0 Å². The number of hydrogen-bond donors (Lipinski definition) is 0. The first-order chi connectivity index (χ1) is 16.2. The third-order valence-electron chi connectivity index (χ3n) is 5.86. The van der Waals surface area contributed by atoms with Crippen molar-refractivity contribution in [3.63, 3.8) is 0 Å². The van der Waals surface area contributed by atoms with Crippen LogP contribution in [0.25, 0.3) is 6.08 Å². The Labute approximate surface area is 208 Å². The van der Waals surface area contributed by atoms with Crippen LogP contribution in [-0.2, 0) is 9.53 Å². The number of hydrogen-bond acceptors (Lipinski definition) is 3. The van der Waals surface area contributed by atoms with E-state index in [0.717, 1.165) is 24.3 Å². The molecule has 0 atom stereocenters. The lowest BCUT2D eigenvalue weighted by Gasteiger charge is -2.07. The van der Waals surface area contributed by atoms with E-state index >= 15 is 0 Å². The molecule has 0 fully saturated rings. The van der Waals surface area contributed by atoms with E-state index < -0.39 is 0 Å². The topological polar surface area (TPSA) is 35.5 Å². The van der Waals surface area contributed by atoms with Gasteiger partial charge in [-0.25, -0.2) is 4.79 Å². The first-order valence-electron chi connectivity index (χ1n) is 13.3. The molecule has 0 aromatic heterocycles. The van der Waals surface area contributed by atoms with Crippen molar-refractivity contribution in [2.75, 3.05) is 19.1 Å². The van der Waals surface area contributed by atoms with E-state index in [1.165, 1.54) is 83.5 Å². The van der Waals surface area contributed by atoms with Gasteiger partial charge < -0.3 is 9.47 Å². The maximum Gasteiger partial charge on any atom is 0.333 e. The molecule has 4 heteroatoms. The van der Waals surface area contributed by atoms with Gasteiger partial charge in [0.15, 0.2) is 0 Å². The molecule has 0 aliphatic carbocycles. The lowest BCUT2D eigenvalue weighted by Crippen LogP contribution is -2.07. The summed E-state index contributed by atoms with van der Waals surface area (Å²) in [5.41, 5.74) is 1.55. The predicted octanol–water partition coefficient (Wildman–Crippen LogP) is 9.12. The smallest absolute Gasteiger partial charge is 0.333 e. The quantitative estimate of drug-likeness (QED) is 0.0764. The minimum atomic E-state index is -0.293. The van der Waals surface area contributed by atoms with Gasteiger partial charge in [0, 0.05) is 11.5 Å². The van der Waals surface area contributed by atoms with Gasteiger partial charge in [-0.3, -0.25) is 0 Å². The Balaban J connectivity index is 2.02. The third kappa shape index (κ3) is 16.7. The normalized spacial score (nSPS) is 11.5. The summed E-state index contributed by atoms with van der Waals surface area (Å²) in [4.78, 5) is 11.9. The molecule has 0 unspecified atom stereocenters. The molecule has 3 nitrogen and oxygen atoms in total. The minimum Gasteiger partial charge on any atom is -0.494 e. The molecule has 0 amide bonds. The third-order valence-corrected chi connectivity index (χ3v) is 6.13. The van der Waals surface area contributed by atoms with Crippen molar-refractivity contribution in [2.45, 2.75) is 110 Å². The van der Waals surface area contributed by atoms with Crippen LogP contribution < -0.4 is 4.74 Å². The molecule has 0 saturated heterocycles. The summed E-state index contributed by atoms with van der Waals surface area (Å²) in [5.74, 6) is 1.08. The molecule has 0 saturated carbocycles. The van der Waals surface area contributed by atoms with Crippen LogP contribution in [-0.4, -0.2) is 25.1 Å². The van der Waals surface area contributed by atoms with E-state index in [-0.39, 0.29) is 5.97 Å². The summed E-state index contributed by atoms with van der Waals surface area (Å²) in [7, 11) is 0. The molecule has 188 valence electrons. The average molecular weight is 479 g/mol. The van der Waals surface area contributed by atoms with Crippen molar-refractivity contribution in [3.05, 3.63) is 35.4 Å². The lowest BCUT2D eigenvalue weighted by molar-refractivity contribution is -0.138. The zero-order chi connectivity index (χ0) is 24.0. The second-order valence-electron chi connectivity index (χ2n) is 9.02. The molecule has 0 radical (unpaired) electrons. The van der Waals surface area contributed by atoms with E-state index in [2.05, 4.69) is 6.92 Å². The number of esters is 1. The Kier molecular flexibility index (Phi) is 18.9. The fourth-order valence-corrected chi connectivity index (χ4v) is 3.90. The summed E-state index contributed by atoms with van der Waals surface area (Å²) in [6, 6.07) is 7.86. The fraction of sp³-hybridized carbons (Fsp3) is 0.690. The first-order valence-corrected chi connectivity index (χ1v) is 13.8. The van der Waals surface area contributed by atoms with Gasteiger partial charge in [-0.1, -0.05) is 103 Å². The van der Waals surface area contributed by atoms with Crippen molar-refractivity contribution < 1.29 is 14.3 Å². The number of unbranched alkanes of at least 4 members (excludes halogenated alkanes) is 13. The molecule has 1 rings (SSSR count). The van der Waals surface area contributed by atoms with Crippen molar-refractivity contribution in [1.29, 1.82) is 0 Å². The number of rotatable bonds is 21. The van der Waals surface area contributed by atoms with Gasteiger partial charge in [-0.15, -0.1) is 11.6 Å². The van der Waals surface area contributed by atoms with Crippen LogP contribution in [0.4, 0.5) is 0 Å². The average Bonchev–Trinajstić information content (AvgIpc) is 2.82. The lowest BCUT2D eigenvalue weighted by atomic mass is 10.0. The van der Waals surface area contributed by atoms with E-state index in [9.17, 15) is 4.79 Å². The van der Waals surface area contributed by atoms with Crippen molar-refractivity contribution in [1.82, 2.24) is 0 Å². The van der Waals surface area contributed by atoms with Gasteiger partial charge in [-0.05, 0) is 43.5 Å². The highest BCUT2D eigenvalue weighted by molar-refractivity contribution is 6.17. The summed E-state index contributed by atoms with van der Waals surface area (Å²) in [6.45, 7) is 5.17. The molecule has 0 heterocycles. The van der Waals surface area contributed by atoms with Crippen LogP contribution >= 0.6 is 11.6 Å². The van der Waals surface area contributed by atoms with Gasteiger partial charge in [0.05, 0.1) is 13.2 Å². The standard InChI is InChI=1S/C29H47ClO3/c1-3-4-5-6-7-8-9-10-11-12-13-14-15-16-23-32-28-20-18-27(19-21-28)25-26(2)29(31)33-24-17-22-30/h18-21,25H,3-17,22-24H2,1-2H3/b26-25+. The van der Waals surface area contributed by atoms with Gasteiger partial charge >= 0.3 is 5.97 Å². The van der Waals surface area contributed by atoms with Crippen molar-refractivity contribution in [3.8, 4) is 5.75 Å². The number of halogens is 1. The molecule has 1 aromatic rings. The highest BCUT2D eigenvalue weighted by Crippen LogP contribution is 2.16. The zero-order valence-electron chi connectivity index (χ0n) is 21.2. The van der Waals surface area contributed by atoms with Gasteiger partial charge in [0.2, 0.25) is 0 Å². The van der Waals surface area contributed by atoms with Gasteiger partial charge in [0.25, 0.3) is 0 Å². The number of ether oxygens (including phenoxy) is 2. The molecular weight excluding hydrogens is 432 g/mol. The van der Waals surface area contributed by atoms with Crippen LogP contribution in [0.5, 0.6) is 5.75 Å². The van der Waals surface area contributed by atoms with E-state index in [0.29, 0.717) is 24.5 Å². The first kappa shape index (κ1) is 29.6. The van der Waals surface area contributed by atoms with Crippen LogP contribution in [0.1, 0.15) is 116 Å². The molecule has 33 heavy (non-hydrogen) atoms. The highest BCUT2D eigenvalue weighted by Gasteiger charge is 2.05. The molecule has 0 aliphatic rings. The van der Waals surface area contributed by atoms with Gasteiger partial charge in [0.1, 0.15) is 5.75 Å². The SMILES string of the molecule is CCCCCCCCCCCCCCCCOc1ccc(/C=C(\C)C(=O)OCCCCl)cc1. The molecule has 1 aromatic carbocycles. The number of benzene rings is 1. The Bertz CT molecular complexity index is 624. The van der Waals surface area contributed by atoms with E-state index in [1.54, 1.807) is 6.92 Å². The maximum absolute atomic E-state index is 11.9. The van der Waals surface area contributed by atoms with E-state index in [1.807, 2.05) is 30.3 Å². The van der Waals surface area contributed by atoms with E-state index in [4.69, 9.17) is 21.1 Å². The highest BCUT2D eigenvalue weighted by atomic mass is 35.5. The monoisotopic (exact) mass is 478 g/mol. The Morgan fingerprint density at radius 1 is 0.758 bits per heavy atom. The zero-order valence-corrected chi connectivity index (χ0v) is 22.0. The Morgan fingerprint density at radius 2 is 1.27 bits per heavy atom. The van der Waals surface area contributed by atoms with Crippen LogP contribution in [0.2, 0.25) is 0 Å². The fourth-order valence-electron chi connectivity index (χ4n) is 3.79.